The van der Waals surface area contributed by atoms with E-state index in [9.17, 15) is 12.8 Å². The van der Waals surface area contributed by atoms with Gasteiger partial charge in [0.25, 0.3) is 9.05 Å². The summed E-state index contributed by atoms with van der Waals surface area (Å²) in [5.74, 6) is -0.356. The van der Waals surface area contributed by atoms with Crippen LogP contribution in [0.3, 0.4) is 0 Å². The lowest BCUT2D eigenvalue weighted by Crippen LogP contribution is -1.90. The van der Waals surface area contributed by atoms with Crippen molar-refractivity contribution < 1.29 is 12.8 Å². The summed E-state index contributed by atoms with van der Waals surface area (Å²) < 4.78 is 34.6. The van der Waals surface area contributed by atoms with E-state index in [1.165, 1.54) is 29.6 Å². The third-order valence-corrected chi connectivity index (χ3v) is 4.05. The van der Waals surface area contributed by atoms with Gasteiger partial charge in [-0.1, -0.05) is 0 Å². The van der Waals surface area contributed by atoms with Crippen molar-refractivity contribution in [3.05, 3.63) is 35.5 Å². The third kappa shape index (κ3) is 2.40. The highest BCUT2D eigenvalue weighted by Crippen LogP contribution is 2.26. The Labute approximate surface area is 99.9 Å². The van der Waals surface area contributed by atoms with Crippen molar-refractivity contribution in [2.75, 3.05) is 0 Å². The van der Waals surface area contributed by atoms with Crippen molar-refractivity contribution >= 4 is 31.1 Å². The SMILES string of the molecule is O=S(=O)(Cl)c1csc(-c2ccc(F)cc2)n1. The molecule has 0 saturated heterocycles. The molecule has 0 unspecified atom stereocenters. The van der Waals surface area contributed by atoms with E-state index < -0.39 is 9.05 Å². The minimum Gasteiger partial charge on any atom is -0.223 e. The molecule has 1 heterocycles. The molecule has 2 aromatic rings. The van der Waals surface area contributed by atoms with Gasteiger partial charge in [-0.05, 0) is 24.3 Å². The van der Waals surface area contributed by atoms with E-state index in [0.717, 1.165) is 11.3 Å². The average Bonchev–Trinajstić information content (AvgIpc) is 2.67. The summed E-state index contributed by atoms with van der Waals surface area (Å²) in [5, 5.41) is 1.65. The monoisotopic (exact) mass is 277 g/mol. The Morgan fingerprint density at radius 3 is 2.38 bits per heavy atom. The predicted molar refractivity (Wildman–Crippen MR) is 60.5 cm³/mol. The summed E-state index contributed by atoms with van der Waals surface area (Å²) in [7, 11) is 1.34. The maximum absolute atomic E-state index is 12.7. The molecule has 0 saturated carbocycles. The topological polar surface area (TPSA) is 47.0 Å². The molecule has 0 N–H and O–H groups in total. The zero-order chi connectivity index (χ0) is 11.8. The van der Waals surface area contributed by atoms with Crippen LogP contribution in [0.25, 0.3) is 10.6 Å². The minimum atomic E-state index is -3.80. The highest BCUT2D eigenvalue weighted by molar-refractivity contribution is 8.13. The second-order valence-electron chi connectivity index (χ2n) is 2.94. The van der Waals surface area contributed by atoms with Gasteiger partial charge in [-0.25, -0.2) is 17.8 Å². The second kappa shape index (κ2) is 4.12. The Hall–Kier alpha value is -0.980. The van der Waals surface area contributed by atoms with E-state index in [1.54, 1.807) is 0 Å². The van der Waals surface area contributed by atoms with Crippen molar-refractivity contribution in [1.82, 2.24) is 4.98 Å². The Bertz CT molecular complexity index is 607. The minimum absolute atomic E-state index is 0.182. The average molecular weight is 278 g/mol. The van der Waals surface area contributed by atoms with Gasteiger partial charge >= 0.3 is 0 Å². The van der Waals surface area contributed by atoms with Crippen LogP contribution >= 0.6 is 22.0 Å². The van der Waals surface area contributed by atoms with Crippen molar-refractivity contribution in [2.45, 2.75) is 5.03 Å². The van der Waals surface area contributed by atoms with Crippen LogP contribution in [0.1, 0.15) is 0 Å². The highest BCUT2D eigenvalue weighted by Gasteiger charge is 2.15. The van der Waals surface area contributed by atoms with E-state index >= 15 is 0 Å². The van der Waals surface area contributed by atoms with Crippen LogP contribution in [0, 0.1) is 5.82 Å². The number of hydrogen-bond acceptors (Lipinski definition) is 4. The first kappa shape index (κ1) is 11.5. The van der Waals surface area contributed by atoms with Gasteiger partial charge in [0.1, 0.15) is 10.8 Å². The second-order valence-corrected chi connectivity index (χ2v) is 6.31. The summed E-state index contributed by atoms with van der Waals surface area (Å²) >= 11 is 1.14. The molecule has 84 valence electrons. The quantitative estimate of drug-likeness (QED) is 0.793. The summed E-state index contributed by atoms with van der Waals surface area (Å²) in [6.07, 6.45) is 0. The molecule has 7 heteroatoms. The molecule has 0 bridgehead atoms. The van der Waals surface area contributed by atoms with Gasteiger partial charge in [0.05, 0.1) is 0 Å². The van der Waals surface area contributed by atoms with E-state index in [2.05, 4.69) is 4.98 Å². The maximum Gasteiger partial charge on any atom is 0.279 e. The number of aromatic nitrogens is 1. The smallest absolute Gasteiger partial charge is 0.223 e. The fraction of sp³-hybridized carbons (Fsp3) is 0. The van der Waals surface area contributed by atoms with Crippen LogP contribution in [0.4, 0.5) is 4.39 Å². The highest BCUT2D eigenvalue weighted by atomic mass is 35.7. The lowest BCUT2D eigenvalue weighted by Gasteiger charge is -1.94. The molecule has 0 aliphatic carbocycles. The molecule has 16 heavy (non-hydrogen) atoms. The first-order valence-electron chi connectivity index (χ1n) is 4.13. The fourth-order valence-corrected chi connectivity index (χ4v) is 3.08. The molecular formula is C9H5ClFNO2S2. The van der Waals surface area contributed by atoms with Crippen LogP contribution in [0.5, 0.6) is 0 Å². The van der Waals surface area contributed by atoms with Gasteiger partial charge in [0.2, 0.25) is 0 Å². The van der Waals surface area contributed by atoms with Crippen molar-refractivity contribution in [2.24, 2.45) is 0 Å². The van der Waals surface area contributed by atoms with Crippen LogP contribution in [0.2, 0.25) is 0 Å². The summed E-state index contributed by atoms with van der Waals surface area (Å²) in [6.45, 7) is 0. The van der Waals surface area contributed by atoms with E-state index in [-0.39, 0.29) is 10.8 Å². The molecule has 0 aliphatic heterocycles. The zero-order valence-corrected chi connectivity index (χ0v) is 10.1. The van der Waals surface area contributed by atoms with Crippen molar-refractivity contribution in [1.29, 1.82) is 0 Å². The first-order chi connectivity index (χ1) is 7.47. The number of nitrogens with zero attached hydrogens (tertiary/aromatic N) is 1. The standard InChI is InChI=1S/C9H5ClFNO2S2/c10-16(13,14)8-5-15-9(12-8)6-1-3-7(11)4-2-6/h1-5H. The van der Waals surface area contributed by atoms with Crippen LogP contribution in [-0.4, -0.2) is 13.4 Å². The Morgan fingerprint density at radius 1 is 1.25 bits per heavy atom. The Morgan fingerprint density at radius 2 is 1.88 bits per heavy atom. The lowest BCUT2D eigenvalue weighted by atomic mass is 10.2. The molecule has 0 radical (unpaired) electrons. The molecule has 0 atom stereocenters. The van der Waals surface area contributed by atoms with Crippen LogP contribution in [-0.2, 0) is 9.05 Å². The maximum atomic E-state index is 12.7. The van der Waals surface area contributed by atoms with E-state index in [4.69, 9.17) is 10.7 Å². The van der Waals surface area contributed by atoms with Gasteiger partial charge in [-0.3, -0.25) is 0 Å². The lowest BCUT2D eigenvalue weighted by molar-refractivity contribution is 0.607. The number of rotatable bonds is 2. The van der Waals surface area contributed by atoms with Crippen molar-refractivity contribution in [3.8, 4) is 10.6 Å². The molecule has 0 amide bonds. The summed E-state index contributed by atoms with van der Waals surface area (Å²) in [6, 6.07) is 5.62. The van der Waals surface area contributed by atoms with Crippen molar-refractivity contribution in [3.63, 3.8) is 0 Å². The molecule has 0 spiro atoms. The number of thiazole rings is 1. The molecule has 1 aromatic carbocycles. The van der Waals surface area contributed by atoms with Gasteiger partial charge in [-0.2, -0.15) is 0 Å². The molecule has 3 nitrogen and oxygen atoms in total. The molecular weight excluding hydrogens is 273 g/mol. The normalized spacial score (nSPS) is 11.6. The summed E-state index contributed by atoms with van der Waals surface area (Å²) in [5.41, 5.74) is 0.651. The Balaban J connectivity index is 2.43. The first-order valence-corrected chi connectivity index (χ1v) is 7.32. The zero-order valence-electron chi connectivity index (χ0n) is 7.72. The fourth-order valence-electron chi connectivity index (χ4n) is 1.10. The molecule has 0 fully saturated rings. The summed E-state index contributed by atoms with van der Waals surface area (Å²) in [4.78, 5) is 3.86. The number of benzene rings is 1. The van der Waals surface area contributed by atoms with Gasteiger partial charge in [0, 0.05) is 21.6 Å². The third-order valence-electron chi connectivity index (χ3n) is 1.82. The van der Waals surface area contributed by atoms with Gasteiger partial charge in [-0.15, -0.1) is 11.3 Å². The molecule has 2 rings (SSSR count). The Kier molecular flexibility index (Phi) is 2.96. The predicted octanol–water partition coefficient (Wildman–Crippen LogP) is 2.88. The van der Waals surface area contributed by atoms with E-state index in [1.807, 2.05) is 0 Å². The van der Waals surface area contributed by atoms with Gasteiger partial charge in [0.15, 0.2) is 5.03 Å². The van der Waals surface area contributed by atoms with Gasteiger partial charge < -0.3 is 0 Å². The molecule has 0 aliphatic rings. The molecule has 1 aromatic heterocycles. The van der Waals surface area contributed by atoms with Crippen LogP contribution in [0.15, 0.2) is 34.7 Å². The van der Waals surface area contributed by atoms with E-state index in [0.29, 0.717) is 10.6 Å². The van der Waals surface area contributed by atoms with Crippen LogP contribution < -0.4 is 0 Å². The largest absolute Gasteiger partial charge is 0.279 e. The number of halogens is 2. The number of hydrogen-bond donors (Lipinski definition) is 0.